The number of fused-ring (bicyclic) bond motifs is 2. The average Bonchev–Trinajstić information content (AvgIpc) is 3.29. The zero-order valence-corrected chi connectivity index (χ0v) is 15.3. The lowest BCUT2D eigenvalue weighted by atomic mass is 10.00. The van der Waals surface area contributed by atoms with Crippen molar-refractivity contribution in [3.63, 3.8) is 0 Å². The molecule has 1 atom stereocenters. The van der Waals surface area contributed by atoms with Crippen LogP contribution in [0.2, 0.25) is 0 Å². The quantitative estimate of drug-likeness (QED) is 0.552. The second kappa shape index (κ2) is 6.70. The summed E-state index contributed by atoms with van der Waals surface area (Å²) in [6, 6.07) is 13.8. The lowest BCUT2D eigenvalue weighted by Crippen LogP contribution is -2.34. The van der Waals surface area contributed by atoms with E-state index in [-0.39, 0.29) is 0 Å². The summed E-state index contributed by atoms with van der Waals surface area (Å²) in [5.74, 6) is 1.92. The van der Waals surface area contributed by atoms with E-state index in [9.17, 15) is 0 Å². The van der Waals surface area contributed by atoms with Crippen molar-refractivity contribution in [2.75, 3.05) is 26.7 Å². The maximum absolute atomic E-state index is 6.00. The van der Waals surface area contributed by atoms with Crippen LogP contribution in [0.1, 0.15) is 12.8 Å². The van der Waals surface area contributed by atoms with Gasteiger partial charge in [0.2, 0.25) is 5.88 Å². The fraction of sp³-hybridized carbons (Fsp3) is 0.333. The molecule has 138 valence electrons. The van der Waals surface area contributed by atoms with E-state index >= 15 is 0 Å². The fourth-order valence-corrected chi connectivity index (χ4v) is 3.82. The number of nitrogens with zero attached hydrogens (tertiary/aromatic N) is 4. The first kappa shape index (κ1) is 16.3. The molecule has 0 amide bonds. The van der Waals surface area contributed by atoms with Crippen molar-refractivity contribution in [2.45, 2.75) is 12.8 Å². The number of imidazole rings is 1. The standard InChI is InChI=1S/C21H22N4O2/c1-24-10-4-5-15(13-24)14-26-21-9-8-20-22-12-17(25(20)23-21)19-11-16-6-2-3-7-18(16)27-19/h2-3,6-9,11-12,15H,4-5,10,13-14H2,1H3. The third kappa shape index (κ3) is 3.17. The minimum atomic E-state index is 0.555. The average molecular weight is 362 g/mol. The molecule has 0 aliphatic carbocycles. The zero-order valence-electron chi connectivity index (χ0n) is 15.3. The van der Waals surface area contributed by atoms with Crippen LogP contribution in [-0.4, -0.2) is 46.2 Å². The van der Waals surface area contributed by atoms with Crippen LogP contribution in [-0.2, 0) is 0 Å². The Hall–Kier alpha value is -2.86. The summed E-state index contributed by atoms with van der Waals surface area (Å²) in [6.45, 7) is 2.95. The number of likely N-dealkylation sites (tertiary alicyclic amines) is 1. The number of aromatic nitrogens is 3. The molecule has 1 aliphatic rings. The van der Waals surface area contributed by atoms with Gasteiger partial charge < -0.3 is 14.1 Å². The molecule has 4 heterocycles. The third-order valence-corrected chi connectivity index (χ3v) is 5.20. The Balaban J connectivity index is 1.42. The van der Waals surface area contributed by atoms with Crippen molar-refractivity contribution in [1.29, 1.82) is 0 Å². The predicted octanol–water partition coefficient (Wildman–Crippen LogP) is 3.86. The van der Waals surface area contributed by atoms with Crippen LogP contribution < -0.4 is 4.74 Å². The molecule has 0 N–H and O–H groups in total. The molecule has 6 heteroatoms. The van der Waals surface area contributed by atoms with E-state index < -0.39 is 0 Å². The second-order valence-corrected chi connectivity index (χ2v) is 7.31. The molecule has 1 saturated heterocycles. The van der Waals surface area contributed by atoms with Crippen LogP contribution in [0.15, 0.2) is 53.1 Å². The number of benzene rings is 1. The molecular formula is C21H22N4O2. The second-order valence-electron chi connectivity index (χ2n) is 7.31. The summed E-state index contributed by atoms with van der Waals surface area (Å²) in [7, 11) is 2.17. The molecule has 0 saturated carbocycles. The molecule has 1 aliphatic heterocycles. The highest BCUT2D eigenvalue weighted by Gasteiger charge is 2.18. The van der Waals surface area contributed by atoms with Gasteiger partial charge in [-0.3, -0.25) is 0 Å². The summed E-state index contributed by atoms with van der Waals surface area (Å²) in [4.78, 5) is 6.81. The molecule has 5 rings (SSSR count). The van der Waals surface area contributed by atoms with Crippen LogP contribution in [0.5, 0.6) is 5.88 Å². The van der Waals surface area contributed by atoms with Gasteiger partial charge in [0.1, 0.15) is 11.3 Å². The van der Waals surface area contributed by atoms with Crippen LogP contribution in [0.25, 0.3) is 28.1 Å². The maximum atomic E-state index is 6.00. The van der Waals surface area contributed by atoms with Crippen LogP contribution in [0.4, 0.5) is 0 Å². The van der Waals surface area contributed by atoms with Gasteiger partial charge >= 0.3 is 0 Å². The van der Waals surface area contributed by atoms with E-state index in [1.807, 2.05) is 42.5 Å². The van der Waals surface area contributed by atoms with Crippen LogP contribution in [0.3, 0.4) is 0 Å². The van der Waals surface area contributed by atoms with Crippen molar-refractivity contribution < 1.29 is 9.15 Å². The molecule has 3 aromatic heterocycles. The summed E-state index contributed by atoms with van der Waals surface area (Å²) < 4.78 is 13.8. The molecule has 1 aromatic carbocycles. The Morgan fingerprint density at radius 3 is 3.04 bits per heavy atom. The molecule has 0 spiro atoms. The summed E-state index contributed by atoms with van der Waals surface area (Å²) in [5, 5.41) is 5.71. The Morgan fingerprint density at radius 1 is 1.22 bits per heavy atom. The van der Waals surface area contributed by atoms with Crippen molar-refractivity contribution in [3.8, 4) is 17.3 Å². The molecule has 4 aromatic rings. The minimum absolute atomic E-state index is 0.555. The maximum Gasteiger partial charge on any atom is 0.231 e. The first-order valence-electron chi connectivity index (χ1n) is 9.41. The molecular weight excluding hydrogens is 340 g/mol. The van der Waals surface area contributed by atoms with Crippen molar-refractivity contribution >= 4 is 16.6 Å². The van der Waals surface area contributed by atoms with Crippen molar-refractivity contribution in [2.24, 2.45) is 5.92 Å². The SMILES string of the molecule is CN1CCCC(COc2ccc3ncc(-c4cc5ccccc5o4)n3n2)C1. The molecule has 0 bridgehead atoms. The summed E-state index contributed by atoms with van der Waals surface area (Å²) in [6.07, 6.45) is 4.23. The molecule has 1 unspecified atom stereocenters. The largest absolute Gasteiger partial charge is 0.476 e. The fourth-order valence-electron chi connectivity index (χ4n) is 3.82. The molecule has 1 fully saturated rings. The minimum Gasteiger partial charge on any atom is -0.476 e. The summed E-state index contributed by atoms with van der Waals surface area (Å²) >= 11 is 0. The van der Waals surface area contributed by atoms with Gasteiger partial charge in [-0.15, -0.1) is 5.10 Å². The number of hydrogen-bond donors (Lipinski definition) is 0. The van der Waals surface area contributed by atoms with E-state index in [4.69, 9.17) is 9.15 Å². The van der Waals surface area contributed by atoms with E-state index in [1.54, 1.807) is 10.7 Å². The lowest BCUT2D eigenvalue weighted by Gasteiger charge is -2.29. The monoisotopic (exact) mass is 362 g/mol. The third-order valence-electron chi connectivity index (χ3n) is 5.20. The molecule has 6 nitrogen and oxygen atoms in total. The van der Waals surface area contributed by atoms with Gasteiger partial charge in [0.05, 0.1) is 12.8 Å². The van der Waals surface area contributed by atoms with Gasteiger partial charge in [-0.2, -0.15) is 0 Å². The smallest absolute Gasteiger partial charge is 0.231 e. The number of ether oxygens (including phenoxy) is 1. The van der Waals surface area contributed by atoms with Crippen LogP contribution >= 0.6 is 0 Å². The number of rotatable bonds is 4. The highest BCUT2D eigenvalue weighted by molar-refractivity contribution is 5.82. The molecule has 0 radical (unpaired) electrons. The van der Waals surface area contributed by atoms with Crippen molar-refractivity contribution in [3.05, 3.63) is 48.7 Å². The van der Waals surface area contributed by atoms with Gasteiger partial charge in [0, 0.05) is 23.9 Å². The van der Waals surface area contributed by atoms with E-state index in [1.165, 1.54) is 19.4 Å². The van der Waals surface area contributed by atoms with Gasteiger partial charge in [-0.05, 0) is 44.6 Å². The zero-order chi connectivity index (χ0) is 18.2. The topological polar surface area (TPSA) is 55.8 Å². The van der Waals surface area contributed by atoms with Gasteiger partial charge in [-0.25, -0.2) is 9.50 Å². The Bertz CT molecular complexity index is 1050. The van der Waals surface area contributed by atoms with E-state index in [0.29, 0.717) is 18.4 Å². The first-order chi connectivity index (χ1) is 13.3. The predicted molar refractivity (Wildman–Crippen MR) is 104 cm³/mol. The van der Waals surface area contributed by atoms with Crippen molar-refractivity contribution in [1.82, 2.24) is 19.5 Å². The number of piperidine rings is 1. The number of furan rings is 1. The molecule has 27 heavy (non-hydrogen) atoms. The highest BCUT2D eigenvalue weighted by Crippen LogP contribution is 2.28. The van der Waals surface area contributed by atoms with Gasteiger partial charge in [0.15, 0.2) is 11.4 Å². The number of hydrogen-bond acceptors (Lipinski definition) is 5. The Labute approximate surface area is 157 Å². The van der Waals surface area contributed by atoms with Gasteiger partial charge in [0.25, 0.3) is 0 Å². The normalized spacial score (nSPS) is 18.3. The summed E-state index contributed by atoms with van der Waals surface area (Å²) in [5.41, 5.74) is 2.45. The Morgan fingerprint density at radius 2 is 2.15 bits per heavy atom. The Kier molecular flexibility index (Phi) is 4.05. The van der Waals surface area contributed by atoms with Gasteiger partial charge in [-0.1, -0.05) is 18.2 Å². The van der Waals surface area contributed by atoms with E-state index in [0.717, 1.165) is 34.6 Å². The number of para-hydroxylation sites is 1. The van der Waals surface area contributed by atoms with E-state index in [2.05, 4.69) is 22.0 Å². The first-order valence-corrected chi connectivity index (χ1v) is 9.41. The van der Waals surface area contributed by atoms with Crippen LogP contribution in [0, 0.1) is 5.92 Å². The lowest BCUT2D eigenvalue weighted by molar-refractivity contribution is 0.146. The highest BCUT2D eigenvalue weighted by atomic mass is 16.5.